The molecule has 7 atom stereocenters. The number of hydrogen-bond acceptors (Lipinski definition) is 4. The summed E-state index contributed by atoms with van der Waals surface area (Å²) >= 11 is 0. The lowest BCUT2D eigenvalue weighted by molar-refractivity contribution is -0.896. The molecule has 1 aromatic rings. The molecule has 6 heteroatoms. The molecular weight excluding hydrogens is 344 g/mol. The third kappa shape index (κ3) is 1.88. The van der Waals surface area contributed by atoms with Gasteiger partial charge in [0.05, 0.1) is 31.1 Å². The monoisotopic (exact) mass is 368 g/mol. The summed E-state index contributed by atoms with van der Waals surface area (Å²) in [6, 6.07) is 8.50. The normalized spacial score (nSPS) is 46.0. The molecule has 1 saturated carbocycles. The van der Waals surface area contributed by atoms with Crippen LogP contribution in [0, 0.1) is 17.0 Å². The quantitative estimate of drug-likeness (QED) is 0.475. The van der Waals surface area contributed by atoms with Crippen molar-refractivity contribution in [1.29, 1.82) is 0 Å². The van der Waals surface area contributed by atoms with Crippen molar-refractivity contribution < 1.29 is 19.3 Å². The summed E-state index contributed by atoms with van der Waals surface area (Å²) < 4.78 is 5.95. The van der Waals surface area contributed by atoms with E-state index in [0.29, 0.717) is 19.7 Å². The molecule has 6 nitrogen and oxygen atoms in total. The highest BCUT2D eigenvalue weighted by molar-refractivity contribution is 5.68. The first kappa shape index (κ1) is 16.1. The predicted octanol–water partition coefficient (Wildman–Crippen LogP) is 2.25. The van der Waals surface area contributed by atoms with Crippen LogP contribution in [-0.4, -0.2) is 53.6 Å². The van der Waals surface area contributed by atoms with E-state index in [4.69, 9.17) is 4.74 Å². The number of benzene rings is 1. The van der Waals surface area contributed by atoms with Gasteiger partial charge in [-0.15, -0.1) is 0 Å². The molecule has 1 aliphatic carbocycles. The fraction of sp³-hybridized carbons (Fsp3) is 0.571. The highest BCUT2D eigenvalue weighted by Gasteiger charge is 2.71. The number of rotatable bonds is 2. The van der Waals surface area contributed by atoms with Gasteiger partial charge in [0.1, 0.15) is 12.6 Å². The van der Waals surface area contributed by atoms with Crippen molar-refractivity contribution in [3.05, 3.63) is 46.7 Å². The smallest absolute Gasteiger partial charge is 0.305 e. The maximum absolute atomic E-state index is 13.8. The lowest BCUT2D eigenvalue weighted by atomic mass is 9.54. The maximum Gasteiger partial charge on any atom is 0.305 e. The minimum atomic E-state index is -0.814. The van der Waals surface area contributed by atoms with Crippen LogP contribution in [-0.2, 0) is 14.9 Å². The second-order valence-corrected chi connectivity index (χ2v) is 8.98. The highest BCUT2D eigenvalue weighted by atomic mass is 16.6. The number of hydrogen-bond donors (Lipinski definition) is 2. The average molecular weight is 368 g/mol. The second kappa shape index (κ2) is 5.13. The standard InChI is InChI=1S/C21H24N2O4/c24-18(25)10-16-19-13-9-17-21(14-3-1-2-4-15(14)22-20(19)21)6-7-23(17,26)11-12(13)5-8-27-16/h1-5,13,16-17,19-20,22H,6-11H2,(H,24,25)/t13-,16-,17+,19-,20-,21+,23+/m1/s1. The number of hydroxylamine groups is 3. The molecule has 3 fully saturated rings. The van der Waals surface area contributed by atoms with Gasteiger partial charge in [-0.3, -0.25) is 4.79 Å². The minimum absolute atomic E-state index is 0.0228. The Morgan fingerprint density at radius 1 is 1.41 bits per heavy atom. The molecule has 1 aromatic carbocycles. The lowest BCUT2D eigenvalue weighted by Crippen LogP contribution is -2.68. The molecule has 0 unspecified atom stereocenters. The SMILES string of the molecule is O=C(O)C[C@H]1OCC=C2C[N@@+]3([O-])CC[C@@]45c6ccccc6N[C@@H]4[C@@H]1[C@@H]2C[C@@H]53. The Balaban J connectivity index is 1.55. The van der Waals surface area contributed by atoms with E-state index in [9.17, 15) is 15.1 Å². The number of nitrogens with one attached hydrogen (secondary N) is 1. The fourth-order valence-electron chi connectivity index (χ4n) is 7.20. The highest BCUT2D eigenvalue weighted by Crippen LogP contribution is 2.64. The van der Waals surface area contributed by atoms with Crippen LogP contribution in [0.5, 0.6) is 0 Å². The Morgan fingerprint density at radius 3 is 3.11 bits per heavy atom. The molecule has 4 heterocycles. The number of carbonyl (C=O) groups is 1. The van der Waals surface area contributed by atoms with Crippen molar-refractivity contribution in [1.82, 2.24) is 0 Å². The Kier molecular flexibility index (Phi) is 3.06. The van der Waals surface area contributed by atoms with Crippen LogP contribution in [0.3, 0.4) is 0 Å². The molecule has 1 spiro atoms. The van der Waals surface area contributed by atoms with Gasteiger partial charge >= 0.3 is 5.97 Å². The van der Waals surface area contributed by atoms with Crippen molar-refractivity contribution in [2.45, 2.75) is 42.9 Å². The number of fused-ring (bicyclic) bond motifs is 2. The van der Waals surface area contributed by atoms with Crippen molar-refractivity contribution in [3.63, 3.8) is 0 Å². The van der Waals surface area contributed by atoms with Crippen LogP contribution < -0.4 is 5.32 Å². The summed E-state index contributed by atoms with van der Waals surface area (Å²) in [4.78, 5) is 11.6. The fourth-order valence-corrected chi connectivity index (χ4v) is 7.20. The molecule has 27 heavy (non-hydrogen) atoms. The minimum Gasteiger partial charge on any atom is -0.632 e. The number of quaternary nitrogens is 1. The van der Waals surface area contributed by atoms with Crippen molar-refractivity contribution in [2.75, 3.05) is 25.0 Å². The molecule has 2 saturated heterocycles. The van der Waals surface area contributed by atoms with Crippen LogP contribution >= 0.6 is 0 Å². The van der Waals surface area contributed by atoms with Gasteiger partial charge in [-0.25, -0.2) is 0 Å². The number of carboxylic acids is 1. The molecule has 6 rings (SSSR count). The molecule has 0 amide bonds. The Labute approximate surface area is 158 Å². The Hall–Kier alpha value is -1.89. The maximum atomic E-state index is 13.8. The van der Waals surface area contributed by atoms with E-state index in [0.717, 1.165) is 18.5 Å². The number of aliphatic carboxylic acids is 1. The number of piperidine rings is 1. The molecule has 0 aromatic heterocycles. The topological polar surface area (TPSA) is 81.6 Å². The van der Waals surface area contributed by atoms with E-state index in [2.05, 4.69) is 29.6 Å². The van der Waals surface area contributed by atoms with Gasteiger partial charge in [0.15, 0.2) is 0 Å². The third-order valence-electron chi connectivity index (χ3n) is 8.08. The van der Waals surface area contributed by atoms with Gasteiger partial charge in [-0.2, -0.15) is 0 Å². The molecule has 142 valence electrons. The zero-order chi connectivity index (χ0) is 18.4. The van der Waals surface area contributed by atoms with Crippen LogP contribution in [0.2, 0.25) is 0 Å². The lowest BCUT2D eigenvalue weighted by Gasteiger charge is -2.60. The predicted molar refractivity (Wildman–Crippen MR) is 99.0 cm³/mol. The number of para-hydroxylation sites is 1. The second-order valence-electron chi connectivity index (χ2n) is 8.98. The van der Waals surface area contributed by atoms with Crippen LogP contribution in [0.25, 0.3) is 0 Å². The number of ether oxygens (including phenoxy) is 1. The van der Waals surface area contributed by atoms with Crippen molar-refractivity contribution >= 4 is 11.7 Å². The first-order chi connectivity index (χ1) is 13.0. The third-order valence-corrected chi connectivity index (χ3v) is 8.08. The molecule has 2 bridgehead atoms. The van der Waals surface area contributed by atoms with E-state index in [1.165, 1.54) is 11.1 Å². The summed E-state index contributed by atoms with van der Waals surface area (Å²) in [6.45, 7) is 1.61. The van der Waals surface area contributed by atoms with E-state index < -0.39 is 5.97 Å². The largest absolute Gasteiger partial charge is 0.632 e. The Morgan fingerprint density at radius 2 is 2.26 bits per heavy atom. The van der Waals surface area contributed by atoms with Gasteiger partial charge in [-0.1, -0.05) is 24.3 Å². The van der Waals surface area contributed by atoms with Crippen molar-refractivity contribution in [3.8, 4) is 0 Å². The van der Waals surface area contributed by atoms with Crippen LogP contribution in [0.1, 0.15) is 24.8 Å². The number of carboxylic acid groups (broad SMARTS) is 1. The summed E-state index contributed by atoms with van der Waals surface area (Å²) in [5.41, 5.74) is 3.38. The molecule has 5 aliphatic rings. The summed E-state index contributed by atoms with van der Waals surface area (Å²) in [5.74, 6) is -0.475. The van der Waals surface area contributed by atoms with Gasteiger partial charge in [0, 0.05) is 30.5 Å². The first-order valence-corrected chi connectivity index (χ1v) is 9.99. The van der Waals surface area contributed by atoms with Crippen molar-refractivity contribution in [2.24, 2.45) is 11.8 Å². The summed E-state index contributed by atoms with van der Waals surface area (Å²) in [7, 11) is 0. The van der Waals surface area contributed by atoms with Gasteiger partial charge in [-0.05, 0) is 23.1 Å². The van der Waals surface area contributed by atoms with E-state index in [-0.39, 0.29) is 46.5 Å². The zero-order valence-corrected chi connectivity index (χ0v) is 15.1. The average Bonchev–Trinajstić information content (AvgIpc) is 3.08. The molecule has 4 aliphatic heterocycles. The zero-order valence-electron chi connectivity index (χ0n) is 15.1. The molecule has 2 N–H and O–H groups in total. The summed E-state index contributed by atoms with van der Waals surface area (Å²) in [5, 5.41) is 27.1. The van der Waals surface area contributed by atoms with E-state index >= 15 is 0 Å². The molecular formula is C21H24N2O4. The molecule has 0 radical (unpaired) electrons. The Bertz CT molecular complexity index is 869. The van der Waals surface area contributed by atoms with Crippen LogP contribution in [0.4, 0.5) is 5.69 Å². The number of anilines is 1. The van der Waals surface area contributed by atoms with Crippen LogP contribution in [0.15, 0.2) is 35.9 Å². The van der Waals surface area contributed by atoms with E-state index in [1.807, 2.05) is 6.07 Å². The van der Waals surface area contributed by atoms with Gasteiger partial charge in [0.25, 0.3) is 0 Å². The van der Waals surface area contributed by atoms with Gasteiger partial charge < -0.3 is 25.0 Å². The van der Waals surface area contributed by atoms with Gasteiger partial charge in [0.2, 0.25) is 0 Å². The summed E-state index contributed by atoms with van der Waals surface area (Å²) in [6.07, 6.45) is 3.49. The van der Waals surface area contributed by atoms with E-state index in [1.54, 1.807) is 0 Å². The first-order valence-electron chi connectivity index (χ1n) is 9.99. The number of nitrogens with zero attached hydrogens (tertiary/aromatic N) is 1.